The summed E-state index contributed by atoms with van der Waals surface area (Å²) in [6, 6.07) is 64.6. The van der Waals surface area contributed by atoms with Crippen molar-refractivity contribution in [3.63, 3.8) is 0 Å². The fraction of sp³-hybridized carbons (Fsp3) is 0.304. The minimum Gasteiger partial charge on any atom is -0.334 e. The van der Waals surface area contributed by atoms with Gasteiger partial charge in [-0.25, -0.2) is 0 Å². The maximum Gasteiger partial charge on any atom is 0.252 e. The fourth-order valence-electron chi connectivity index (χ4n) is 13.8. The average Bonchev–Trinajstić information content (AvgIpc) is 3.53. The van der Waals surface area contributed by atoms with E-state index in [1.165, 1.54) is 124 Å². The van der Waals surface area contributed by atoms with Crippen LogP contribution in [0.1, 0.15) is 136 Å². The molecule has 0 radical (unpaired) electrons. The van der Waals surface area contributed by atoms with Crippen LogP contribution < -0.4 is 31.1 Å². The van der Waals surface area contributed by atoms with Gasteiger partial charge in [0.2, 0.25) is 0 Å². The van der Waals surface area contributed by atoms with Crippen molar-refractivity contribution >= 4 is 68.6 Å². The monoisotopic (exact) mass is 952 g/mol. The minimum absolute atomic E-state index is 0.0207. The van der Waals surface area contributed by atoms with Crippen molar-refractivity contribution in [3.8, 4) is 22.3 Å². The van der Waals surface area contributed by atoms with E-state index >= 15 is 0 Å². The molecule has 2 atom stereocenters. The van der Waals surface area contributed by atoms with E-state index in [9.17, 15) is 0 Å². The molecule has 2 unspecified atom stereocenters. The maximum atomic E-state index is 2.77. The molecule has 5 aliphatic rings. The van der Waals surface area contributed by atoms with Crippen LogP contribution in [-0.4, -0.2) is 12.3 Å². The highest BCUT2D eigenvalue weighted by Crippen LogP contribution is 2.66. The first-order valence-corrected chi connectivity index (χ1v) is 27.0. The third-order valence-corrected chi connectivity index (χ3v) is 18.6. The van der Waals surface area contributed by atoms with Crippen LogP contribution in [-0.2, 0) is 27.1 Å². The molecule has 1 fully saturated rings. The molecule has 2 bridgehead atoms. The number of para-hydroxylation sites is 1. The lowest BCUT2D eigenvalue weighted by Crippen LogP contribution is -2.62. The topological polar surface area (TPSA) is 9.72 Å². The van der Waals surface area contributed by atoms with Gasteiger partial charge in [-0.05, 0) is 152 Å². The van der Waals surface area contributed by atoms with Crippen LogP contribution in [0.5, 0.6) is 0 Å². The van der Waals surface area contributed by atoms with Crippen LogP contribution in [0.2, 0.25) is 0 Å². The molecule has 0 amide bonds. The maximum absolute atomic E-state index is 2.77. The number of hydrogen-bond acceptors (Lipinski definition) is 3. The quantitative estimate of drug-likeness (QED) is 0.163. The zero-order valence-electron chi connectivity index (χ0n) is 45.4. The van der Waals surface area contributed by atoms with E-state index in [0.29, 0.717) is 0 Å². The van der Waals surface area contributed by atoms with Gasteiger partial charge in [0.1, 0.15) is 0 Å². The smallest absolute Gasteiger partial charge is 0.252 e. The van der Waals surface area contributed by atoms with Gasteiger partial charge in [-0.3, -0.25) is 0 Å². The molecular formula is C69H70BN3. The Labute approximate surface area is 436 Å². The van der Waals surface area contributed by atoms with Crippen LogP contribution >= 0.6 is 0 Å². The number of hydrogen-bond donors (Lipinski definition) is 0. The largest absolute Gasteiger partial charge is 0.334 e. The number of rotatable bonds is 3. The molecule has 13 rings (SSSR count). The third kappa shape index (κ3) is 6.44. The molecule has 1 aliphatic carbocycles. The first-order chi connectivity index (χ1) is 34.6. The molecule has 8 aromatic carbocycles. The molecule has 4 heteroatoms. The van der Waals surface area contributed by atoms with Gasteiger partial charge >= 0.3 is 0 Å². The summed E-state index contributed by atoms with van der Waals surface area (Å²) in [5, 5.41) is 0. The molecule has 8 aromatic rings. The summed E-state index contributed by atoms with van der Waals surface area (Å²) in [7, 11) is 0. The lowest BCUT2D eigenvalue weighted by atomic mass is 9.33. The van der Waals surface area contributed by atoms with E-state index in [0.717, 1.165) is 6.42 Å². The normalized spacial score (nSPS) is 19.8. The lowest BCUT2D eigenvalue weighted by Gasteiger charge is -2.56. The first kappa shape index (κ1) is 46.0. The average molecular weight is 952 g/mol. The molecule has 1 saturated carbocycles. The Balaban J connectivity index is 1.20. The van der Waals surface area contributed by atoms with Crippen LogP contribution in [0.25, 0.3) is 22.3 Å². The Morgan fingerprint density at radius 1 is 0.411 bits per heavy atom. The van der Waals surface area contributed by atoms with Gasteiger partial charge in [-0.2, -0.15) is 0 Å². The molecule has 0 spiro atoms. The molecule has 4 aliphatic heterocycles. The van der Waals surface area contributed by atoms with Crippen LogP contribution in [0.4, 0.5) is 45.5 Å². The van der Waals surface area contributed by atoms with E-state index in [1.807, 2.05) is 0 Å². The van der Waals surface area contributed by atoms with E-state index in [4.69, 9.17) is 0 Å². The summed E-state index contributed by atoms with van der Waals surface area (Å²) in [5.74, 6) is 0. The van der Waals surface area contributed by atoms with Gasteiger partial charge < -0.3 is 14.7 Å². The van der Waals surface area contributed by atoms with Gasteiger partial charge in [0, 0.05) is 56.1 Å². The third-order valence-electron chi connectivity index (χ3n) is 18.6. The van der Waals surface area contributed by atoms with Crippen molar-refractivity contribution in [3.05, 3.63) is 197 Å². The van der Waals surface area contributed by atoms with Crippen LogP contribution in [0.3, 0.4) is 0 Å². The second-order valence-corrected chi connectivity index (χ2v) is 26.3. The van der Waals surface area contributed by atoms with Crippen molar-refractivity contribution in [2.75, 3.05) is 14.7 Å². The summed E-state index contributed by atoms with van der Waals surface area (Å²) in [6.45, 7) is 31.1. The zero-order valence-corrected chi connectivity index (χ0v) is 45.4. The summed E-state index contributed by atoms with van der Waals surface area (Å²) in [4.78, 5) is 8.16. The second-order valence-electron chi connectivity index (χ2n) is 26.3. The van der Waals surface area contributed by atoms with Gasteiger partial charge in [0.05, 0.1) is 16.9 Å². The van der Waals surface area contributed by atoms with Gasteiger partial charge in [0.25, 0.3) is 6.71 Å². The SMILES string of the molecule is CC(C)(C)c1ccc(N2c3cc(C(C)(C)C)ccc3B3c4ccc5cc4N(c4ccc(C(C)(C)C)cc4-c4ccccc4C5(C)C)c4cc(N5c6ccccc6C6(C)CCC56C)cc2c43)c(-c2ccccc2)c1. The van der Waals surface area contributed by atoms with Crippen molar-refractivity contribution in [1.82, 2.24) is 0 Å². The highest BCUT2D eigenvalue weighted by Gasteiger charge is 2.63. The van der Waals surface area contributed by atoms with Crippen LogP contribution in [0.15, 0.2) is 164 Å². The number of fused-ring (bicyclic) bond motifs is 12. The molecule has 364 valence electrons. The van der Waals surface area contributed by atoms with E-state index < -0.39 is 0 Å². The fourth-order valence-corrected chi connectivity index (χ4v) is 13.8. The number of anilines is 8. The Kier molecular flexibility index (Phi) is 9.56. The lowest BCUT2D eigenvalue weighted by molar-refractivity contribution is 0.133. The van der Waals surface area contributed by atoms with Gasteiger partial charge in [0.15, 0.2) is 0 Å². The minimum atomic E-state index is -0.275. The number of benzene rings is 8. The highest BCUT2D eigenvalue weighted by molar-refractivity contribution is 7.00. The Morgan fingerprint density at radius 2 is 0.932 bits per heavy atom. The summed E-state index contributed by atoms with van der Waals surface area (Å²) in [6.07, 6.45) is 2.30. The van der Waals surface area contributed by atoms with E-state index in [-0.39, 0.29) is 39.3 Å². The summed E-state index contributed by atoms with van der Waals surface area (Å²) >= 11 is 0. The molecular weight excluding hydrogens is 882 g/mol. The Hall–Kier alpha value is -6.78. The summed E-state index contributed by atoms with van der Waals surface area (Å²) < 4.78 is 0. The predicted molar refractivity (Wildman–Crippen MR) is 313 cm³/mol. The molecule has 0 aromatic heterocycles. The number of nitrogens with zero attached hydrogens (tertiary/aromatic N) is 3. The molecule has 3 nitrogen and oxygen atoms in total. The molecule has 4 heterocycles. The standard InChI is InChI=1S/C69H70BN3/c1-64(2,3)44-29-33-56(50(37-44)43-21-15-14-16-22-43)71-59-39-46(66(7,8)9)27-31-54(59)70-55-32-28-47-40-60(55)72(57-34-30-45(65(4,5)6)38-51(57)49-23-17-18-24-52(49)67(47,10)11)62-42-48(41-61(71)63(62)70)73-58-26-20-19-25-53(58)68(12)35-36-69(68,73)13/h14-34,37-42H,35-36H2,1-13H3. The van der Waals surface area contributed by atoms with Crippen LogP contribution in [0, 0.1) is 0 Å². The Bertz CT molecular complexity index is 3620. The predicted octanol–water partition coefficient (Wildman–Crippen LogP) is 16.6. The zero-order chi connectivity index (χ0) is 50.9. The molecule has 73 heavy (non-hydrogen) atoms. The molecule has 0 N–H and O–H groups in total. The highest BCUT2D eigenvalue weighted by atomic mass is 15.3. The van der Waals surface area contributed by atoms with Gasteiger partial charge in [-0.15, -0.1) is 0 Å². The second kappa shape index (κ2) is 15.2. The first-order valence-electron chi connectivity index (χ1n) is 27.0. The van der Waals surface area contributed by atoms with Crippen molar-refractivity contribution < 1.29 is 0 Å². The van der Waals surface area contributed by atoms with Gasteiger partial charge in [-0.1, -0.05) is 192 Å². The van der Waals surface area contributed by atoms with E-state index in [1.54, 1.807) is 0 Å². The van der Waals surface area contributed by atoms with Crippen molar-refractivity contribution in [1.29, 1.82) is 0 Å². The van der Waals surface area contributed by atoms with Crippen molar-refractivity contribution in [2.24, 2.45) is 0 Å². The summed E-state index contributed by atoms with van der Waals surface area (Å²) in [5.41, 5.74) is 26.7. The van der Waals surface area contributed by atoms with E-state index in [2.05, 4.69) is 269 Å². The van der Waals surface area contributed by atoms with Crippen molar-refractivity contribution in [2.45, 2.75) is 135 Å². The molecule has 0 saturated heterocycles. The Morgan fingerprint density at radius 3 is 1.55 bits per heavy atom.